The third-order valence-electron chi connectivity index (χ3n) is 8.28. The number of ketones is 1. The molecular weight excluding hydrogens is 578 g/mol. The molecule has 12 nitrogen and oxygen atoms in total. The molecule has 3 aliphatic rings. The van der Waals surface area contributed by atoms with Gasteiger partial charge in [-0.05, 0) is 55.0 Å². The number of anilines is 1. The first-order valence-electron chi connectivity index (χ1n) is 15.3. The minimum Gasteiger partial charge on any atom is -0.493 e. The normalized spacial score (nSPS) is 17.6. The summed E-state index contributed by atoms with van der Waals surface area (Å²) in [5, 5.41) is 24.4. The maximum absolute atomic E-state index is 13.9. The van der Waals surface area contributed by atoms with Crippen molar-refractivity contribution in [3.05, 3.63) is 52.1 Å². The third-order valence-corrected chi connectivity index (χ3v) is 8.28. The van der Waals surface area contributed by atoms with Gasteiger partial charge in [-0.25, -0.2) is 4.79 Å². The fourth-order valence-corrected chi connectivity index (χ4v) is 5.91. The van der Waals surface area contributed by atoms with Gasteiger partial charge >= 0.3 is 5.97 Å². The molecule has 2 aromatic carbocycles. The SMILES string of the molecule is CCOc1cc2c(cc1C(=O)NC)C(=N)N(CC(=O)c1cc(N3CCCC3)c(OCC3CC(C(=O)O)=NO3)c(C(C)(C)C)c1)C2. The van der Waals surface area contributed by atoms with E-state index in [-0.39, 0.29) is 48.2 Å². The summed E-state index contributed by atoms with van der Waals surface area (Å²) in [6, 6.07) is 7.20. The monoisotopic (exact) mass is 619 g/mol. The van der Waals surface area contributed by atoms with Gasteiger partial charge in [0, 0.05) is 49.8 Å². The number of fused-ring (bicyclic) bond motifs is 1. The Morgan fingerprint density at radius 3 is 2.49 bits per heavy atom. The largest absolute Gasteiger partial charge is 0.493 e. The Balaban J connectivity index is 1.42. The predicted molar refractivity (Wildman–Crippen MR) is 169 cm³/mol. The average molecular weight is 620 g/mol. The molecule has 0 bridgehead atoms. The Hall–Kier alpha value is -4.61. The van der Waals surface area contributed by atoms with Crippen LogP contribution >= 0.6 is 0 Å². The molecule has 2 aromatic rings. The number of carbonyl (C=O) groups excluding carboxylic acids is 2. The average Bonchev–Trinajstić information content (AvgIpc) is 3.76. The summed E-state index contributed by atoms with van der Waals surface area (Å²) in [5.41, 5.74) is 3.55. The summed E-state index contributed by atoms with van der Waals surface area (Å²) in [4.78, 5) is 47.0. The number of carboxylic acid groups (broad SMARTS) is 1. The van der Waals surface area contributed by atoms with E-state index in [9.17, 15) is 19.5 Å². The topological polar surface area (TPSA) is 154 Å². The summed E-state index contributed by atoms with van der Waals surface area (Å²) >= 11 is 0. The maximum atomic E-state index is 13.9. The van der Waals surface area contributed by atoms with Gasteiger partial charge in [0.05, 0.1) is 24.4 Å². The lowest BCUT2D eigenvalue weighted by molar-refractivity contribution is -0.129. The summed E-state index contributed by atoms with van der Waals surface area (Å²) in [6.45, 7) is 10.5. The molecule has 1 atom stereocenters. The summed E-state index contributed by atoms with van der Waals surface area (Å²) < 4.78 is 12.1. The lowest BCUT2D eigenvalue weighted by atomic mass is 9.84. The highest BCUT2D eigenvalue weighted by atomic mass is 16.7. The van der Waals surface area contributed by atoms with Crippen molar-refractivity contribution in [3.8, 4) is 11.5 Å². The number of benzene rings is 2. The Bertz CT molecular complexity index is 1560. The van der Waals surface area contributed by atoms with E-state index in [1.54, 1.807) is 24.1 Å². The van der Waals surface area contributed by atoms with Crippen LogP contribution in [0.15, 0.2) is 29.4 Å². The number of amides is 1. The number of nitrogens with zero attached hydrogens (tertiary/aromatic N) is 3. The predicted octanol–water partition coefficient (Wildman–Crippen LogP) is 3.97. The van der Waals surface area contributed by atoms with Crippen LogP contribution in [-0.2, 0) is 21.6 Å². The van der Waals surface area contributed by atoms with Crippen molar-refractivity contribution in [3.63, 3.8) is 0 Å². The van der Waals surface area contributed by atoms with Crippen LogP contribution in [0, 0.1) is 5.41 Å². The molecule has 0 saturated carbocycles. The first-order chi connectivity index (χ1) is 21.4. The third kappa shape index (κ3) is 6.59. The molecule has 0 aromatic heterocycles. The Morgan fingerprint density at radius 2 is 1.87 bits per heavy atom. The fraction of sp³-hybridized carbons (Fsp3) is 0.485. The van der Waals surface area contributed by atoms with Gasteiger partial charge in [-0.2, -0.15) is 0 Å². The molecule has 5 rings (SSSR count). The summed E-state index contributed by atoms with van der Waals surface area (Å²) in [5.74, 6) is -0.262. The van der Waals surface area contributed by atoms with E-state index < -0.39 is 12.1 Å². The summed E-state index contributed by atoms with van der Waals surface area (Å²) in [7, 11) is 1.55. The molecule has 1 amide bonds. The van der Waals surface area contributed by atoms with Crippen LogP contribution in [0.2, 0.25) is 0 Å². The smallest absolute Gasteiger partial charge is 0.353 e. The van der Waals surface area contributed by atoms with Gasteiger partial charge in [0.15, 0.2) is 17.6 Å². The molecule has 1 saturated heterocycles. The minimum atomic E-state index is -1.11. The van der Waals surface area contributed by atoms with Crippen LogP contribution in [-0.4, -0.2) is 85.2 Å². The van der Waals surface area contributed by atoms with E-state index in [0.717, 1.165) is 42.7 Å². The second kappa shape index (κ2) is 12.8. The van der Waals surface area contributed by atoms with Gasteiger partial charge in [0.25, 0.3) is 5.91 Å². The van der Waals surface area contributed by atoms with Crippen LogP contribution in [0.4, 0.5) is 5.69 Å². The Morgan fingerprint density at radius 1 is 1.13 bits per heavy atom. The van der Waals surface area contributed by atoms with E-state index in [4.69, 9.17) is 19.7 Å². The Labute approximate surface area is 262 Å². The van der Waals surface area contributed by atoms with Crippen LogP contribution < -0.4 is 19.7 Å². The number of aliphatic carboxylic acids is 1. The highest BCUT2D eigenvalue weighted by Gasteiger charge is 2.33. The fourth-order valence-electron chi connectivity index (χ4n) is 5.91. The first kappa shape index (κ1) is 31.8. The second-order valence-electron chi connectivity index (χ2n) is 12.5. The standard InChI is InChI=1S/C33H41N5O7/c1-6-43-28-13-20-16-38(30(34)22(20)15-23(28)31(40)35-5)17-27(39)19-11-24(33(2,3)4)29(26(12-19)37-9-7-8-10-37)44-18-21-14-25(32(41)42)36-45-21/h11-13,15,21,34H,6-10,14,16-18H2,1-5H3,(H,35,40)(H,41,42). The van der Waals surface area contributed by atoms with Gasteiger partial charge in [0.1, 0.15) is 23.9 Å². The molecule has 1 fully saturated rings. The number of hydrogen-bond donors (Lipinski definition) is 3. The van der Waals surface area contributed by atoms with Crippen LogP contribution in [0.3, 0.4) is 0 Å². The quantitative estimate of drug-likeness (QED) is 0.317. The number of carbonyl (C=O) groups is 3. The molecule has 240 valence electrons. The highest BCUT2D eigenvalue weighted by molar-refractivity contribution is 6.35. The zero-order valence-electron chi connectivity index (χ0n) is 26.5. The van der Waals surface area contributed by atoms with E-state index in [0.29, 0.717) is 41.3 Å². The van der Waals surface area contributed by atoms with Crippen molar-refractivity contribution < 1.29 is 33.8 Å². The molecular formula is C33H41N5O7. The van der Waals surface area contributed by atoms with E-state index in [2.05, 4.69) is 36.1 Å². The molecule has 0 radical (unpaired) electrons. The highest BCUT2D eigenvalue weighted by Crippen LogP contribution is 2.42. The number of amidine groups is 1. The molecule has 3 heterocycles. The first-order valence-corrected chi connectivity index (χ1v) is 15.3. The van der Waals surface area contributed by atoms with Gasteiger partial charge in [0.2, 0.25) is 0 Å². The molecule has 1 unspecified atom stereocenters. The lowest BCUT2D eigenvalue weighted by Crippen LogP contribution is -2.31. The van der Waals surface area contributed by atoms with Crippen molar-refractivity contribution in [2.75, 3.05) is 44.8 Å². The number of rotatable bonds is 11. The van der Waals surface area contributed by atoms with Gasteiger partial charge < -0.3 is 34.5 Å². The van der Waals surface area contributed by atoms with Crippen LogP contribution in [0.1, 0.15) is 84.4 Å². The van der Waals surface area contributed by atoms with Crippen LogP contribution in [0.5, 0.6) is 11.5 Å². The number of nitrogens with one attached hydrogen (secondary N) is 2. The zero-order chi connectivity index (χ0) is 32.5. The van der Waals surface area contributed by atoms with Gasteiger partial charge in [-0.15, -0.1) is 0 Å². The van der Waals surface area contributed by atoms with Crippen molar-refractivity contribution in [1.82, 2.24) is 10.2 Å². The summed E-state index contributed by atoms with van der Waals surface area (Å²) in [6.07, 6.45) is 1.67. The number of oxime groups is 1. The molecule has 45 heavy (non-hydrogen) atoms. The van der Waals surface area contributed by atoms with Crippen molar-refractivity contribution in [1.29, 1.82) is 5.41 Å². The van der Waals surface area contributed by atoms with E-state index >= 15 is 0 Å². The van der Waals surface area contributed by atoms with E-state index in [1.165, 1.54) is 0 Å². The molecule has 12 heteroatoms. The van der Waals surface area contributed by atoms with Gasteiger partial charge in [-0.3, -0.25) is 15.0 Å². The number of hydrogen-bond acceptors (Lipinski definition) is 9. The van der Waals surface area contributed by atoms with E-state index in [1.807, 2.05) is 19.1 Å². The van der Waals surface area contributed by atoms with Gasteiger partial charge in [-0.1, -0.05) is 25.9 Å². The minimum absolute atomic E-state index is 0.0127. The molecule has 0 aliphatic carbocycles. The lowest BCUT2D eigenvalue weighted by Gasteiger charge is -2.30. The number of ether oxygens (including phenoxy) is 2. The Kier molecular flexibility index (Phi) is 9.03. The molecule has 3 aliphatic heterocycles. The second-order valence-corrected chi connectivity index (χ2v) is 12.5. The van der Waals surface area contributed by atoms with Crippen molar-refractivity contribution >= 4 is 34.9 Å². The van der Waals surface area contributed by atoms with Crippen molar-refractivity contribution in [2.24, 2.45) is 5.16 Å². The molecule has 0 spiro atoms. The zero-order valence-corrected chi connectivity index (χ0v) is 26.5. The van der Waals surface area contributed by atoms with Crippen molar-refractivity contribution in [2.45, 2.75) is 65.0 Å². The maximum Gasteiger partial charge on any atom is 0.353 e. The molecule has 3 N–H and O–H groups in total. The number of carboxylic acids is 1. The number of Topliss-reactive ketones (excluding diaryl/α,β-unsaturated/α-hetero) is 1. The van der Waals surface area contributed by atoms with Crippen LogP contribution in [0.25, 0.3) is 0 Å².